The zero-order valence-electron chi connectivity index (χ0n) is 15.1. The van der Waals surface area contributed by atoms with Gasteiger partial charge in [-0.15, -0.1) is 11.3 Å². The number of nitrogens with zero attached hydrogens (tertiary/aromatic N) is 3. The van der Waals surface area contributed by atoms with Gasteiger partial charge in [-0.25, -0.2) is 9.78 Å². The summed E-state index contributed by atoms with van der Waals surface area (Å²) in [5.74, 6) is -0.715. The van der Waals surface area contributed by atoms with Crippen LogP contribution in [-0.4, -0.2) is 32.6 Å². The molecule has 8 nitrogen and oxygen atoms in total. The number of imidazole rings is 1. The number of benzene rings is 1. The third-order valence-electron chi connectivity index (χ3n) is 3.97. The van der Waals surface area contributed by atoms with E-state index in [1.54, 1.807) is 16.9 Å². The van der Waals surface area contributed by atoms with Crippen molar-refractivity contribution in [1.82, 2.24) is 14.1 Å². The Labute approximate surface area is 159 Å². The van der Waals surface area contributed by atoms with Crippen LogP contribution in [0.3, 0.4) is 0 Å². The van der Waals surface area contributed by atoms with E-state index in [1.807, 2.05) is 31.2 Å². The molecule has 0 spiro atoms. The van der Waals surface area contributed by atoms with E-state index in [2.05, 4.69) is 10.3 Å². The lowest BCUT2D eigenvalue weighted by atomic mass is 10.3. The number of hydrogen-bond donors (Lipinski definition) is 1. The van der Waals surface area contributed by atoms with Gasteiger partial charge in [-0.05, 0) is 26.0 Å². The monoisotopic (exact) mass is 388 g/mol. The summed E-state index contributed by atoms with van der Waals surface area (Å²) in [5.41, 5.74) is 1.81. The molecule has 0 aliphatic heterocycles. The average Bonchev–Trinajstić information content (AvgIpc) is 3.17. The zero-order chi connectivity index (χ0) is 19.4. The molecular formula is C18H20N4O4S. The number of thiazole rings is 1. The van der Waals surface area contributed by atoms with Crippen LogP contribution in [0, 0.1) is 0 Å². The molecule has 0 atom stereocenters. The molecule has 3 aromatic rings. The summed E-state index contributed by atoms with van der Waals surface area (Å²) in [6.45, 7) is 4.35. The number of carbonyl (C=O) groups excluding carboxylic acids is 2. The second kappa shape index (κ2) is 8.17. The largest absolute Gasteiger partial charge is 0.466 e. The lowest BCUT2D eigenvalue weighted by molar-refractivity contribution is -0.142. The lowest BCUT2D eigenvalue weighted by Gasteiger charge is -2.03. The standard InChI is InChI=1S/C18H20N4O4S/c1-3-21-13-7-5-6-8-14(13)22(18(21)25)10-15(23)20-17-19-12(11-27-17)9-16(24)26-4-2/h5-8,11H,3-4,9-10H2,1-2H3,(H,19,20,23). The first-order valence-electron chi connectivity index (χ1n) is 8.61. The Balaban J connectivity index is 1.73. The van der Waals surface area contributed by atoms with Crippen molar-refractivity contribution >= 4 is 39.4 Å². The Morgan fingerprint density at radius 3 is 2.56 bits per heavy atom. The summed E-state index contributed by atoms with van der Waals surface area (Å²) in [6, 6.07) is 7.37. The SMILES string of the molecule is CCOC(=O)Cc1csc(NC(=O)Cn2c(=O)n(CC)c3ccccc32)n1. The van der Waals surface area contributed by atoms with Crippen molar-refractivity contribution in [3.63, 3.8) is 0 Å². The van der Waals surface area contributed by atoms with Crippen molar-refractivity contribution in [2.75, 3.05) is 11.9 Å². The molecule has 1 amide bonds. The number of fused-ring (bicyclic) bond motifs is 1. The number of nitrogens with one attached hydrogen (secondary N) is 1. The molecule has 2 aromatic heterocycles. The summed E-state index contributed by atoms with van der Waals surface area (Å²) < 4.78 is 7.95. The highest BCUT2D eigenvalue weighted by atomic mass is 32.1. The molecule has 0 radical (unpaired) electrons. The van der Waals surface area contributed by atoms with Gasteiger partial charge < -0.3 is 10.1 Å². The molecule has 0 unspecified atom stereocenters. The Morgan fingerprint density at radius 2 is 1.89 bits per heavy atom. The number of para-hydroxylation sites is 2. The first kappa shape index (κ1) is 18.8. The molecule has 0 bridgehead atoms. The molecular weight excluding hydrogens is 368 g/mol. The average molecular weight is 388 g/mol. The van der Waals surface area contributed by atoms with Crippen molar-refractivity contribution in [2.45, 2.75) is 33.4 Å². The first-order chi connectivity index (χ1) is 13.0. The third-order valence-corrected chi connectivity index (χ3v) is 4.78. The van der Waals surface area contributed by atoms with Gasteiger partial charge in [0.2, 0.25) is 5.91 Å². The van der Waals surface area contributed by atoms with E-state index in [-0.39, 0.29) is 30.5 Å². The molecule has 0 aliphatic rings. The Kier molecular flexibility index (Phi) is 5.70. The molecule has 1 aromatic carbocycles. The van der Waals surface area contributed by atoms with E-state index in [0.717, 1.165) is 5.52 Å². The predicted octanol–water partition coefficient (Wildman–Crippen LogP) is 2.02. The van der Waals surface area contributed by atoms with Crippen molar-refractivity contribution in [3.8, 4) is 0 Å². The van der Waals surface area contributed by atoms with Crippen LogP contribution < -0.4 is 11.0 Å². The second-order valence-corrected chi connectivity index (χ2v) is 6.63. The van der Waals surface area contributed by atoms with Crippen molar-refractivity contribution in [2.24, 2.45) is 0 Å². The maximum atomic E-state index is 12.6. The maximum Gasteiger partial charge on any atom is 0.329 e. The van der Waals surface area contributed by atoms with Gasteiger partial charge in [0.15, 0.2) is 5.13 Å². The molecule has 0 saturated carbocycles. The van der Waals surface area contributed by atoms with Crippen LogP contribution in [0.2, 0.25) is 0 Å². The van der Waals surface area contributed by atoms with E-state index in [1.165, 1.54) is 15.9 Å². The fourth-order valence-corrected chi connectivity index (χ4v) is 3.57. The normalized spacial score (nSPS) is 10.9. The smallest absolute Gasteiger partial charge is 0.329 e. The zero-order valence-corrected chi connectivity index (χ0v) is 15.9. The highest BCUT2D eigenvalue weighted by Crippen LogP contribution is 2.17. The van der Waals surface area contributed by atoms with Crippen LogP contribution in [0.15, 0.2) is 34.4 Å². The number of ether oxygens (including phenoxy) is 1. The Hall–Kier alpha value is -2.94. The van der Waals surface area contributed by atoms with E-state index in [4.69, 9.17) is 4.74 Å². The number of esters is 1. The first-order valence-corrected chi connectivity index (χ1v) is 9.49. The number of amides is 1. The van der Waals surface area contributed by atoms with Gasteiger partial charge in [-0.2, -0.15) is 0 Å². The van der Waals surface area contributed by atoms with Gasteiger partial charge in [0, 0.05) is 11.9 Å². The summed E-state index contributed by atoms with van der Waals surface area (Å²) in [4.78, 5) is 40.7. The maximum absolute atomic E-state index is 12.6. The summed E-state index contributed by atoms with van der Waals surface area (Å²) in [5, 5.41) is 4.76. The number of anilines is 1. The highest BCUT2D eigenvalue weighted by Gasteiger charge is 2.16. The lowest BCUT2D eigenvalue weighted by Crippen LogP contribution is -2.29. The van der Waals surface area contributed by atoms with Crippen LogP contribution in [0.25, 0.3) is 11.0 Å². The van der Waals surface area contributed by atoms with E-state index >= 15 is 0 Å². The Morgan fingerprint density at radius 1 is 1.19 bits per heavy atom. The molecule has 27 heavy (non-hydrogen) atoms. The van der Waals surface area contributed by atoms with Crippen LogP contribution in [-0.2, 0) is 33.8 Å². The van der Waals surface area contributed by atoms with Crippen molar-refractivity contribution < 1.29 is 14.3 Å². The minimum atomic E-state index is -0.361. The molecule has 0 fully saturated rings. The minimum Gasteiger partial charge on any atom is -0.466 e. The number of carbonyl (C=O) groups is 2. The van der Waals surface area contributed by atoms with Gasteiger partial charge in [0.25, 0.3) is 0 Å². The third kappa shape index (κ3) is 4.08. The summed E-state index contributed by atoms with van der Waals surface area (Å²) >= 11 is 1.22. The Bertz CT molecular complexity index is 1030. The van der Waals surface area contributed by atoms with E-state index in [9.17, 15) is 14.4 Å². The molecule has 9 heteroatoms. The van der Waals surface area contributed by atoms with Crippen molar-refractivity contribution in [3.05, 3.63) is 45.8 Å². The quantitative estimate of drug-likeness (QED) is 0.625. The highest BCUT2D eigenvalue weighted by molar-refractivity contribution is 7.13. The van der Waals surface area contributed by atoms with E-state index < -0.39 is 0 Å². The minimum absolute atomic E-state index is 0.0592. The summed E-state index contributed by atoms with van der Waals surface area (Å²) in [6.07, 6.45) is 0.0592. The molecule has 3 rings (SSSR count). The van der Waals surface area contributed by atoms with Gasteiger partial charge in [0.1, 0.15) is 6.54 Å². The number of hydrogen-bond acceptors (Lipinski definition) is 6. The topological polar surface area (TPSA) is 95.2 Å². The molecule has 142 valence electrons. The summed E-state index contributed by atoms with van der Waals surface area (Å²) in [7, 11) is 0. The van der Waals surface area contributed by atoms with Gasteiger partial charge >= 0.3 is 11.7 Å². The fraction of sp³-hybridized carbons (Fsp3) is 0.333. The number of aryl methyl sites for hydroxylation is 1. The van der Waals surface area contributed by atoms with Gasteiger partial charge in [0.05, 0.1) is 29.8 Å². The molecule has 0 aliphatic carbocycles. The van der Waals surface area contributed by atoms with Crippen LogP contribution in [0.1, 0.15) is 19.5 Å². The van der Waals surface area contributed by atoms with Crippen molar-refractivity contribution in [1.29, 1.82) is 0 Å². The molecule has 1 N–H and O–H groups in total. The number of rotatable bonds is 7. The molecule has 0 saturated heterocycles. The van der Waals surface area contributed by atoms with Gasteiger partial charge in [-0.1, -0.05) is 12.1 Å². The second-order valence-electron chi connectivity index (χ2n) is 5.78. The molecule has 2 heterocycles. The van der Waals surface area contributed by atoms with E-state index in [0.29, 0.717) is 29.5 Å². The number of aromatic nitrogens is 3. The van der Waals surface area contributed by atoms with Crippen LogP contribution >= 0.6 is 11.3 Å². The fourth-order valence-electron chi connectivity index (χ4n) is 2.84. The predicted molar refractivity (Wildman–Crippen MR) is 103 cm³/mol. The van der Waals surface area contributed by atoms with Crippen LogP contribution in [0.4, 0.5) is 5.13 Å². The van der Waals surface area contributed by atoms with Crippen LogP contribution in [0.5, 0.6) is 0 Å². The van der Waals surface area contributed by atoms with Gasteiger partial charge in [-0.3, -0.25) is 18.7 Å².